The van der Waals surface area contributed by atoms with Crippen LogP contribution in [0.3, 0.4) is 0 Å². The fourth-order valence-corrected chi connectivity index (χ4v) is 2.71. The molecule has 4 aromatic rings. The van der Waals surface area contributed by atoms with Gasteiger partial charge in [0.1, 0.15) is 18.2 Å². The molecular formula is C18H14N6O2. The summed E-state index contributed by atoms with van der Waals surface area (Å²) in [7, 11) is 0. The maximum atomic E-state index is 10.8. The van der Waals surface area contributed by atoms with Crippen LogP contribution in [0.4, 0.5) is 17.2 Å². The largest absolute Gasteiger partial charge is 0.340 e. The minimum Gasteiger partial charge on any atom is -0.340 e. The molecule has 8 nitrogen and oxygen atoms in total. The van der Waals surface area contributed by atoms with Gasteiger partial charge in [0.25, 0.3) is 5.95 Å². The lowest BCUT2D eigenvalue weighted by atomic mass is 10.1. The van der Waals surface area contributed by atoms with E-state index in [1.54, 1.807) is 0 Å². The Morgan fingerprint density at radius 1 is 1.12 bits per heavy atom. The number of rotatable bonds is 4. The van der Waals surface area contributed by atoms with E-state index in [0.717, 1.165) is 22.2 Å². The first-order valence-corrected chi connectivity index (χ1v) is 7.90. The van der Waals surface area contributed by atoms with Gasteiger partial charge < -0.3 is 5.32 Å². The van der Waals surface area contributed by atoms with E-state index in [4.69, 9.17) is 0 Å². The van der Waals surface area contributed by atoms with Crippen molar-refractivity contribution in [2.75, 3.05) is 5.32 Å². The summed E-state index contributed by atoms with van der Waals surface area (Å²) in [6.45, 7) is 1.83. The third-order valence-corrected chi connectivity index (χ3v) is 3.88. The molecule has 2 aromatic heterocycles. The summed E-state index contributed by atoms with van der Waals surface area (Å²) in [5, 5.41) is 20.3. The summed E-state index contributed by atoms with van der Waals surface area (Å²) in [6.07, 6.45) is 2.46. The molecule has 26 heavy (non-hydrogen) atoms. The Balaban J connectivity index is 1.73. The van der Waals surface area contributed by atoms with Gasteiger partial charge in [0, 0.05) is 22.8 Å². The molecule has 0 bridgehead atoms. The Labute approximate surface area is 148 Å². The van der Waals surface area contributed by atoms with E-state index in [-0.39, 0.29) is 11.6 Å². The van der Waals surface area contributed by atoms with Crippen molar-refractivity contribution in [1.82, 2.24) is 19.7 Å². The Bertz CT molecular complexity index is 1120. The molecule has 0 spiro atoms. The highest BCUT2D eigenvalue weighted by molar-refractivity contribution is 5.95. The lowest BCUT2D eigenvalue weighted by Crippen LogP contribution is -2.05. The predicted octanol–water partition coefficient (Wildman–Crippen LogP) is 3.78. The minimum atomic E-state index is -0.505. The highest BCUT2D eigenvalue weighted by Crippen LogP contribution is 2.26. The maximum absolute atomic E-state index is 10.8. The Hall–Kier alpha value is -3.81. The molecule has 0 aliphatic carbocycles. The van der Waals surface area contributed by atoms with Crippen LogP contribution in [0, 0.1) is 17.0 Å². The van der Waals surface area contributed by atoms with E-state index < -0.39 is 4.92 Å². The second kappa shape index (κ2) is 6.25. The monoisotopic (exact) mass is 346 g/mol. The zero-order chi connectivity index (χ0) is 18.1. The number of fused-ring (bicyclic) bond motifs is 1. The number of benzene rings is 2. The zero-order valence-corrected chi connectivity index (χ0v) is 13.8. The fourth-order valence-electron chi connectivity index (χ4n) is 2.71. The van der Waals surface area contributed by atoms with E-state index in [9.17, 15) is 10.1 Å². The van der Waals surface area contributed by atoms with Gasteiger partial charge in [-0.15, -0.1) is 0 Å². The molecule has 0 saturated heterocycles. The van der Waals surface area contributed by atoms with E-state index in [1.165, 1.54) is 17.1 Å². The van der Waals surface area contributed by atoms with Crippen LogP contribution in [-0.2, 0) is 0 Å². The number of nitrogens with one attached hydrogen (secondary N) is 1. The highest BCUT2D eigenvalue weighted by Gasteiger charge is 2.13. The number of aryl methyl sites for hydroxylation is 1. The molecule has 0 amide bonds. The third-order valence-electron chi connectivity index (χ3n) is 3.88. The van der Waals surface area contributed by atoms with Crippen molar-refractivity contribution in [2.45, 2.75) is 6.92 Å². The van der Waals surface area contributed by atoms with Gasteiger partial charge in [0.15, 0.2) is 0 Å². The maximum Gasteiger partial charge on any atom is 0.307 e. The highest BCUT2D eigenvalue weighted by atomic mass is 16.6. The number of anilines is 2. The van der Waals surface area contributed by atoms with Crippen LogP contribution in [0.25, 0.3) is 16.7 Å². The number of hydrogen-bond donors (Lipinski definition) is 1. The number of nitrogens with zero attached hydrogens (tertiary/aromatic N) is 5. The van der Waals surface area contributed by atoms with Gasteiger partial charge in [-0.05, 0) is 18.4 Å². The van der Waals surface area contributed by atoms with Crippen LogP contribution < -0.4 is 5.32 Å². The van der Waals surface area contributed by atoms with Crippen LogP contribution >= 0.6 is 0 Å². The van der Waals surface area contributed by atoms with E-state index in [0.29, 0.717) is 5.82 Å². The van der Waals surface area contributed by atoms with Gasteiger partial charge in [0.05, 0.1) is 4.92 Å². The topological polar surface area (TPSA) is 98.8 Å². The second-order valence-electron chi connectivity index (χ2n) is 5.75. The summed E-state index contributed by atoms with van der Waals surface area (Å²) >= 11 is 0. The van der Waals surface area contributed by atoms with Crippen molar-refractivity contribution < 1.29 is 4.92 Å². The average Bonchev–Trinajstić information content (AvgIpc) is 3.12. The first kappa shape index (κ1) is 15.7. The van der Waals surface area contributed by atoms with Crippen molar-refractivity contribution in [1.29, 1.82) is 0 Å². The summed E-state index contributed by atoms with van der Waals surface area (Å²) in [6, 6.07) is 15.8. The lowest BCUT2D eigenvalue weighted by molar-refractivity contribution is -0.384. The smallest absolute Gasteiger partial charge is 0.307 e. The van der Waals surface area contributed by atoms with Gasteiger partial charge in [-0.25, -0.2) is 4.98 Å². The van der Waals surface area contributed by atoms with Crippen molar-refractivity contribution in [3.63, 3.8) is 0 Å². The van der Waals surface area contributed by atoms with Crippen molar-refractivity contribution in [3.8, 4) is 5.95 Å². The normalized spacial score (nSPS) is 10.8. The number of aromatic nitrogens is 4. The fraction of sp³-hybridized carbons (Fsp3) is 0.0556. The number of hydrogen-bond acceptors (Lipinski definition) is 6. The van der Waals surface area contributed by atoms with E-state index >= 15 is 0 Å². The first-order valence-electron chi connectivity index (χ1n) is 7.90. The van der Waals surface area contributed by atoms with Crippen molar-refractivity contribution in [3.05, 3.63) is 76.7 Å². The molecule has 8 heteroatoms. The molecule has 1 N–H and O–H groups in total. The van der Waals surface area contributed by atoms with Gasteiger partial charge >= 0.3 is 5.69 Å². The van der Waals surface area contributed by atoms with Crippen LogP contribution in [0.2, 0.25) is 0 Å². The molecule has 0 saturated carbocycles. The first-order chi connectivity index (χ1) is 12.6. The number of nitro groups is 1. The van der Waals surface area contributed by atoms with E-state index in [2.05, 4.69) is 20.4 Å². The summed E-state index contributed by atoms with van der Waals surface area (Å²) < 4.78 is 1.29. The van der Waals surface area contributed by atoms with Gasteiger partial charge in [0.2, 0.25) is 0 Å². The van der Waals surface area contributed by atoms with Gasteiger partial charge in [-0.1, -0.05) is 36.4 Å². The quantitative estimate of drug-likeness (QED) is 0.446. The summed E-state index contributed by atoms with van der Waals surface area (Å²) in [4.78, 5) is 19.1. The van der Waals surface area contributed by atoms with Crippen LogP contribution in [-0.4, -0.2) is 24.7 Å². The third kappa shape index (κ3) is 2.95. The molecule has 2 heterocycles. The Kier molecular flexibility index (Phi) is 3.77. The molecule has 4 rings (SSSR count). The lowest BCUT2D eigenvalue weighted by Gasteiger charge is -2.11. The molecular weight excluding hydrogens is 332 g/mol. The molecule has 0 fully saturated rings. The molecule has 2 aromatic carbocycles. The molecule has 0 aliphatic rings. The van der Waals surface area contributed by atoms with E-state index in [1.807, 2.05) is 55.5 Å². The average molecular weight is 346 g/mol. The molecule has 0 radical (unpaired) electrons. The Morgan fingerprint density at radius 2 is 1.92 bits per heavy atom. The van der Waals surface area contributed by atoms with Crippen molar-refractivity contribution in [2.24, 2.45) is 0 Å². The summed E-state index contributed by atoms with van der Waals surface area (Å²) in [5.74, 6) is 0.850. The standard InChI is InChI=1S/C18H14N6O2/c1-12-9-17(21-16-8-4-6-13-5-2-3-7-15(13)16)22-18(20-12)23-11-14(10-19-23)24(25)26/h2-11H,1H3,(H,20,21,22). The predicted molar refractivity (Wildman–Crippen MR) is 97.8 cm³/mol. The minimum absolute atomic E-state index is 0.112. The van der Waals surface area contributed by atoms with Crippen LogP contribution in [0.15, 0.2) is 60.9 Å². The van der Waals surface area contributed by atoms with Gasteiger partial charge in [-0.2, -0.15) is 14.8 Å². The molecule has 0 aliphatic heterocycles. The molecule has 0 atom stereocenters. The Morgan fingerprint density at radius 3 is 2.73 bits per heavy atom. The van der Waals surface area contributed by atoms with Crippen molar-refractivity contribution >= 4 is 28.0 Å². The van der Waals surface area contributed by atoms with Crippen LogP contribution in [0.5, 0.6) is 0 Å². The molecule has 128 valence electrons. The zero-order valence-electron chi connectivity index (χ0n) is 13.8. The second-order valence-corrected chi connectivity index (χ2v) is 5.75. The SMILES string of the molecule is Cc1cc(Nc2cccc3ccccc23)nc(-n2cc([N+](=O)[O-])cn2)n1. The van der Waals surface area contributed by atoms with Crippen LogP contribution in [0.1, 0.15) is 5.69 Å². The summed E-state index contributed by atoms with van der Waals surface area (Å²) in [5.41, 5.74) is 1.52. The van der Waals surface area contributed by atoms with Gasteiger partial charge in [-0.3, -0.25) is 10.1 Å². The molecule has 0 unspecified atom stereocenters.